The summed E-state index contributed by atoms with van der Waals surface area (Å²) < 4.78 is 58.9. The molecule has 0 atom stereocenters. The molecule has 1 fully saturated rings. The number of nitrogens with zero attached hydrogens (tertiary/aromatic N) is 3. The number of carbonyl (C=O) groups excluding carboxylic acids is 1. The molecule has 5 nitrogen and oxygen atoms in total. The van der Waals surface area contributed by atoms with Crippen LogP contribution in [0.15, 0.2) is 30.3 Å². The van der Waals surface area contributed by atoms with Gasteiger partial charge in [-0.2, -0.15) is 13.2 Å². The zero-order chi connectivity index (χ0) is 27.6. The maximum atomic E-state index is 15.7. The Balaban J connectivity index is 1.07. The summed E-state index contributed by atoms with van der Waals surface area (Å²) in [6.07, 6.45) is 0.150. The SMILES string of the molecule is Cc1nc2ccc(C(=O)CC3CCC(F)(CCN4CCc5ccc(OCC(F)(F)F)nc5CC4)CC3)cc2s1. The molecule has 3 aromatic rings. The van der Waals surface area contributed by atoms with E-state index >= 15 is 4.39 Å². The number of alkyl halides is 4. The molecule has 39 heavy (non-hydrogen) atoms. The van der Waals surface area contributed by atoms with Crippen molar-refractivity contribution in [3.63, 3.8) is 0 Å². The Bertz CT molecular complexity index is 1320. The summed E-state index contributed by atoms with van der Waals surface area (Å²) >= 11 is 1.58. The van der Waals surface area contributed by atoms with Crippen molar-refractivity contribution in [3.05, 3.63) is 52.2 Å². The van der Waals surface area contributed by atoms with E-state index in [-0.39, 0.29) is 17.6 Å². The van der Waals surface area contributed by atoms with Crippen molar-refractivity contribution in [2.24, 2.45) is 5.92 Å². The molecule has 0 spiro atoms. The number of hydrogen-bond acceptors (Lipinski definition) is 6. The first-order valence-corrected chi connectivity index (χ1v) is 14.4. The van der Waals surface area contributed by atoms with Gasteiger partial charge in [0, 0.05) is 49.8 Å². The number of Topliss-reactive ketones (excluding diaryl/α,β-unsaturated/α-hetero) is 1. The quantitative estimate of drug-likeness (QED) is 0.220. The van der Waals surface area contributed by atoms with E-state index in [1.807, 2.05) is 25.1 Å². The lowest BCUT2D eigenvalue weighted by Gasteiger charge is -2.35. The van der Waals surface area contributed by atoms with Crippen LogP contribution in [0.5, 0.6) is 5.88 Å². The van der Waals surface area contributed by atoms with E-state index in [0.717, 1.165) is 39.4 Å². The molecule has 0 amide bonds. The van der Waals surface area contributed by atoms with Crippen molar-refractivity contribution in [1.29, 1.82) is 0 Å². The summed E-state index contributed by atoms with van der Waals surface area (Å²) in [5, 5.41) is 0.978. The number of aryl methyl sites for hydroxylation is 1. The van der Waals surface area contributed by atoms with Gasteiger partial charge in [0.15, 0.2) is 12.4 Å². The minimum atomic E-state index is -4.40. The first-order valence-electron chi connectivity index (χ1n) is 13.6. The van der Waals surface area contributed by atoms with Crippen molar-refractivity contribution in [2.75, 3.05) is 26.2 Å². The third-order valence-corrected chi connectivity index (χ3v) is 8.89. The zero-order valence-corrected chi connectivity index (χ0v) is 22.8. The molecule has 2 aliphatic rings. The van der Waals surface area contributed by atoms with Gasteiger partial charge in [0.25, 0.3) is 0 Å². The van der Waals surface area contributed by atoms with Crippen molar-refractivity contribution in [3.8, 4) is 5.88 Å². The predicted octanol–water partition coefficient (Wildman–Crippen LogP) is 6.90. The average Bonchev–Trinajstić information content (AvgIpc) is 3.15. The van der Waals surface area contributed by atoms with Crippen LogP contribution in [0.4, 0.5) is 17.6 Å². The number of pyridine rings is 1. The highest BCUT2D eigenvalue weighted by Gasteiger charge is 2.36. The molecule has 3 heterocycles. The summed E-state index contributed by atoms with van der Waals surface area (Å²) in [4.78, 5) is 23.9. The Morgan fingerprint density at radius 1 is 1.13 bits per heavy atom. The monoisotopic (exact) mass is 563 g/mol. The lowest BCUT2D eigenvalue weighted by molar-refractivity contribution is -0.154. The van der Waals surface area contributed by atoms with Crippen LogP contribution in [0, 0.1) is 12.8 Å². The fourth-order valence-electron chi connectivity index (χ4n) is 5.67. The number of benzene rings is 1. The van der Waals surface area contributed by atoms with Crippen molar-refractivity contribution < 1.29 is 27.1 Å². The van der Waals surface area contributed by atoms with E-state index < -0.39 is 18.5 Å². The molecule has 1 aliphatic heterocycles. The van der Waals surface area contributed by atoms with Gasteiger partial charge in [0.2, 0.25) is 5.88 Å². The molecule has 1 aliphatic carbocycles. The van der Waals surface area contributed by atoms with E-state index in [2.05, 4.69) is 14.9 Å². The van der Waals surface area contributed by atoms with Crippen LogP contribution < -0.4 is 4.74 Å². The molecule has 5 rings (SSSR count). The molecular weight excluding hydrogens is 530 g/mol. The molecule has 0 bridgehead atoms. The van der Waals surface area contributed by atoms with Crippen LogP contribution in [-0.4, -0.2) is 58.7 Å². The Labute approximate surface area is 229 Å². The molecule has 0 N–H and O–H groups in total. The highest BCUT2D eigenvalue weighted by molar-refractivity contribution is 7.18. The number of aromatic nitrogens is 2. The molecule has 210 valence electrons. The van der Waals surface area contributed by atoms with Gasteiger partial charge < -0.3 is 9.64 Å². The van der Waals surface area contributed by atoms with Gasteiger partial charge in [-0.1, -0.05) is 6.07 Å². The predicted molar refractivity (Wildman–Crippen MR) is 143 cm³/mol. The van der Waals surface area contributed by atoms with E-state index in [1.54, 1.807) is 17.4 Å². The van der Waals surface area contributed by atoms with Gasteiger partial charge >= 0.3 is 6.18 Å². The molecule has 0 unspecified atom stereocenters. The minimum absolute atomic E-state index is 0.0170. The van der Waals surface area contributed by atoms with Gasteiger partial charge in [-0.15, -0.1) is 11.3 Å². The molecule has 0 saturated heterocycles. The van der Waals surface area contributed by atoms with Crippen LogP contribution in [0.1, 0.15) is 65.1 Å². The van der Waals surface area contributed by atoms with Gasteiger partial charge in [0.05, 0.1) is 15.2 Å². The van der Waals surface area contributed by atoms with Gasteiger partial charge in [0.1, 0.15) is 5.67 Å². The first kappa shape index (κ1) is 28.0. The fraction of sp³-hybridized carbons (Fsp3) is 0.552. The topological polar surface area (TPSA) is 55.3 Å². The van der Waals surface area contributed by atoms with Gasteiger partial charge in [-0.3, -0.25) is 4.79 Å². The normalized spacial score (nSPS) is 22.4. The third kappa shape index (κ3) is 7.33. The average molecular weight is 564 g/mol. The highest BCUT2D eigenvalue weighted by Crippen LogP contribution is 2.39. The van der Waals surface area contributed by atoms with Crippen molar-refractivity contribution in [2.45, 2.75) is 70.1 Å². The fourth-order valence-corrected chi connectivity index (χ4v) is 6.54. The van der Waals surface area contributed by atoms with E-state index in [9.17, 15) is 18.0 Å². The van der Waals surface area contributed by atoms with Crippen LogP contribution in [0.25, 0.3) is 10.2 Å². The number of ketones is 1. The van der Waals surface area contributed by atoms with E-state index in [1.165, 1.54) is 6.07 Å². The van der Waals surface area contributed by atoms with Crippen LogP contribution in [-0.2, 0) is 12.8 Å². The molecule has 2 aromatic heterocycles. The maximum absolute atomic E-state index is 15.7. The Hall–Kier alpha value is -2.59. The van der Waals surface area contributed by atoms with Crippen LogP contribution in [0.2, 0.25) is 0 Å². The summed E-state index contributed by atoms with van der Waals surface area (Å²) in [5.74, 6) is 0.300. The molecule has 1 saturated carbocycles. The summed E-state index contributed by atoms with van der Waals surface area (Å²) in [6.45, 7) is 2.66. The maximum Gasteiger partial charge on any atom is 0.422 e. The largest absolute Gasteiger partial charge is 0.468 e. The summed E-state index contributed by atoms with van der Waals surface area (Å²) in [6, 6.07) is 8.94. The number of ether oxygens (including phenoxy) is 1. The van der Waals surface area contributed by atoms with Crippen molar-refractivity contribution >= 4 is 27.3 Å². The van der Waals surface area contributed by atoms with Crippen LogP contribution in [0.3, 0.4) is 0 Å². The molecule has 1 aromatic carbocycles. The number of hydrogen-bond donors (Lipinski definition) is 0. The zero-order valence-electron chi connectivity index (χ0n) is 22.0. The summed E-state index contributed by atoms with van der Waals surface area (Å²) in [5.41, 5.74) is 2.15. The van der Waals surface area contributed by atoms with E-state index in [4.69, 9.17) is 4.74 Å². The second-order valence-electron chi connectivity index (χ2n) is 10.9. The second-order valence-corrected chi connectivity index (χ2v) is 12.1. The minimum Gasteiger partial charge on any atom is -0.468 e. The molecule has 0 radical (unpaired) electrons. The molecule has 10 heteroatoms. The number of halogens is 4. The Kier molecular flexibility index (Phi) is 8.24. The summed E-state index contributed by atoms with van der Waals surface area (Å²) in [7, 11) is 0. The van der Waals surface area contributed by atoms with Gasteiger partial charge in [-0.25, -0.2) is 14.4 Å². The second kappa shape index (κ2) is 11.5. The highest BCUT2D eigenvalue weighted by atomic mass is 32.1. The lowest BCUT2D eigenvalue weighted by atomic mass is 9.76. The van der Waals surface area contributed by atoms with Gasteiger partial charge in [-0.05, 0) is 75.1 Å². The Morgan fingerprint density at radius 2 is 1.90 bits per heavy atom. The van der Waals surface area contributed by atoms with E-state index in [0.29, 0.717) is 63.6 Å². The van der Waals surface area contributed by atoms with Crippen molar-refractivity contribution in [1.82, 2.24) is 14.9 Å². The third-order valence-electron chi connectivity index (χ3n) is 7.96. The number of fused-ring (bicyclic) bond motifs is 2. The number of rotatable bonds is 8. The number of thiazole rings is 1. The Morgan fingerprint density at radius 3 is 2.67 bits per heavy atom. The molecular formula is C29H33F4N3O2S. The number of carbonyl (C=O) groups is 1. The van der Waals surface area contributed by atoms with Crippen LogP contribution >= 0.6 is 11.3 Å². The standard InChI is InChI=1S/C29H33F4N3O2S/c1-19-34-24-4-2-22(17-26(24)39-19)25(37)16-20-6-10-28(30,11-7-20)12-15-36-13-8-21-3-5-27(35-23(21)9-14-36)38-18-29(31,32)33/h2-5,17,20H,6-16,18H2,1H3. The lowest BCUT2D eigenvalue weighted by Crippen LogP contribution is -2.36. The first-order chi connectivity index (χ1) is 18.6. The smallest absolute Gasteiger partial charge is 0.422 e.